The number of methoxy groups -OCH3 is 1. The number of hydrogen-bond donors (Lipinski definition) is 0. The fraction of sp³-hybridized carbons (Fsp3) is 0.667. The topological polar surface area (TPSA) is 42.4 Å². The zero-order valence-electron chi connectivity index (χ0n) is 12.2. The molecule has 2 unspecified atom stereocenters. The average Bonchev–Trinajstić information content (AvgIpc) is 2.86. The van der Waals surface area contributed by atoms with Crippen molar-refractivity contribution in [1.82, 2.24) is 9.29 Å². The maximum Gasteiger partial charge on any atom is 0.214 e. The molecule has 0 bridgehead atoms. The predicted octanol–water partition coefficient (Wildman–Crippen LogP) is 2.77. The maximum atomic E-state index is 12.9. The molecular weight excluding hydrogens is 272 g/mol. The Bertz CT molecular complexity index is 516. The van der Waals surface area contributed by atoms with Gasteiger partial charge in [-0.25, -0.2) is 13.5 Å². The van der Waals surface area contributed by atoms with E-state index >= 15 is 0 Å². The summed E-state index contributed by atoms with van der Waals surface area (Å²) in [7, 11) is 0.485. The second kappa shape index (κ2) is 5.45. The van der Waals surface area contributed by atoms with Crippen molar-refractivity contribution in [2.75, 3.05) is 13.7 Å². The summed E-state index contributed by atoms with van der Waals surface area (Å²) in [4.78, 5) is 4.88. The SMILES string of the molecule is CCC1CC2(CCC2)CN1S(=O)c1ccnc(OC)c1. The highest BCUT2D eigenvalue weighted by atomic mass is 32.2. The van der Waals surface area contributed by atoms with Crippen molar-refractivity contribution in [3.63, 3.8) is 0 Å². The van der Waals surface area contributed by atoms with Gasteiger partial charge < -0.3 is 4.74 Å². The van der Waals surface area contributed by atoms with Gasteiger partial charge in [-0.05, 0) is 37.2 Å². The summed E-state index contributed by atoms with van der Waals surface area (Å²) in [6, 6.07) is 4.06. The molecule has 110 valence electrons. The van der Waals surface area contributed by atoms with Crippen molar-refractivity contribution >= 4 is 11.0 Å². The maximum absolute atomic E-state index is 12.9. The number of pyridine rings is 1. The molecule has 0 N–H and O–H groups in total. The normalized spacial score (nSPS) is 26.4. The zero-order chi connectivity index (χ0) is 14.2. The van der Waals surface area contributed by atoms with E-state index in [9.17, 15) is 4.21 Å². The van der Waals surface area contributed by atoms with E-state index in [-0.39, 0.29) is 0 Å². The molecule has 3 rings (SSSR count). The lowest BCUT2D eigenvalue weighted by atomic mass is 9.67. The molecule has 20 heavy (non-hydrogen) atoms. The van der Waals surface area contributed by atoms with Gasteiger partial charge in [0.1, 0.15) is 11.0 Å². The van der Waals surface area contributed by atoms with Gasteiger partial charge >= 0.3 is 0 Å². The Morgan fingerprint density at radius 1 is 1.55 bits per heavy atom. The average molecular weight is 294 g/mol. The molecule has 2 heterocycles. The molecule has 1 aliphatic carbocycles. The summed E-state index contributed by atoms with van der Waals surface area (Å²) < 4.78 is 20.2. The predicted molar refractivity (Wildman–Crippen MR) is 78.9 cm³/mol. The van der Waals surface area contributed by atoms with E-state index in [1.165, 1.54) is 25.7 Å². The summed E-state index contributed by atoms with van der Waals surface area (Å²) >= 11 is 0. The van der Waals surface area contributed by atoms with Crippen LogP contribution in [-0.4, -0.2) is 33.2 Å². The van der Waals surface area contributed by atoms with E-state index in [0.717, 1.165) is 17.9 Å². The van der Waals surface area contributed by atoms with E-state index in [4.69, 9.17) is 4.74 Å². The van der Waals surface area contributed by atoms with E-state index in [2.05, 4.69) is 16.2 Å². The van der Waals surface area contributed by atoms with E-state index in [1.54, 1.807) is 19.4 Å². The van der Waals surface area contributed by atoms with Gasteiger partial charge in [-0.1, -0.05) is 13.3 Å². The van der Waals surface area contributed by atoms with Crippen LogP contribution >= 0.6 is 0 Å². The molecule has 1 saturated carbocycles. The standard InChI is InChI=1S/C15H22N2O2S/c1-3-12-10-15(6-4-7-15)11-17(12)20(18)13-5-8-16-14(9-13)19-2/h5,8-9,12H,3-4,6-7,10-11H2,1-2H3. The number of nitrogens with zero attached hydrogens (tertiary/aromatic N) is 2. The first-order valence-electron chi connectivity index (χ1n) is 7.36. The van der Waals surface area contributed by atoms with Crippen molar-refractivity contribution in [1.29, 1.82) is 0 Å². The minimum absolute atomic E-state index is 0.440. The number of hydrogen-bond acceptors (Lipinski definition) is 3. The molecule has 1 spiro atoms. The lowest BCUT2D eigenvalue weighted by Gasteiger charge is -2.38. The Hall–Kier alpha value is -0.940. The molecule has 4 nitrogen and oxygen atoms in total. The van der Waals surface area contributed by atoms with Crippen LogP contribution in [0.3, 0.4) is 0 Å². The van der Waals surface area contributed by atoms with Crippen molar-refractivity contribution in [3.05, 3.63) is 18.3 Å². The Morgan fingerprint density at radius 2 is 2.35 bits per heavy atom. The van der Waals surface area contributed by atoms with Crippen molar-refractivity contribution < 1.29 is 8.95 Å². The van der Waals surface area contributed by atoms with Gasteiger partial charge in [-0.15, -0.1) is 0 Å². The van der Waals surface area contributed by atoms with Crippen LogP contribution in [0.5, 0.6) is 5.88 Å². The molecular formula is C15H22N2O2S. The van der Waals surface area contributed by atoms with Crippen LogP contribution in [0.4, 0.5) is 0 Å². The Balaban J connectivity index is 1.81. The summed E-state index contributed by atoms with van der Waals surface area (Å²) in [5, 5.41) is 0. The smallest absolute Gasteiger partial charge is 0.214 e. The van der Waals surface area contributed by atoms with Gasteiger partial charge in [0.15, 0.2) is 0 Å². The van der Waals surface area contributed by atoms with Crippen LogP contribution in [0.25, 0.3) is 0 Å². The van der Waals surface area contributed by atoms with Gasteiger partial charge in [0, 0.05) is 24.8 Å². The highest BCUT2D eigenvalue weighted by Crippen LogP contribution is 2.51. The molecule has 2 fully saturated rings. The Morgan fingerprint density at radius 3 is 2.95 bits per heavy atom. The largest absolute Gasteiger partial charge is 0.481 e. The van der Waals surface area contributed by atoms with Crippen molar-refractivity contribution in [3.8, 4) is 5.88 Å². The van der Waals surface area contributed by atoms with Crippen molar-refractivity contribution in [2.45, 2.75) is 50.0 Å². The molecule has 1 aromatic rings. The van der Waals surface area contributed by atoms with Crippen LogP contribution in [0.15, 0.2) is 23.2 Å². The highest BCUT2D eigenvalue weighted by Gasteiger charge is 2.48. The lowest BCUT2D eigenvalue weighted by Crippen LogP contribution is -2.35. The Kier molecular flexibility index (Phi) is 3.82. The lowest BCUT2D eigenvalue weighted by molar-refractivity contribution is 0.153. The molecule has 0 aromatic carbocycles. The molecule has 2 atom stereocenters. The first kappa shape index (κ1) is 14.0. The molecule has 0 amide bonds. The van der Waals surface area contributed by atoms with Crippen LogP contribution in [-0.2, 0) is 11.0 Å². The van der Waals surface area contributed by atoms with Crippen LogP contribution < -0.4 is 4.74 Å². The quantitative estimate of drug-likeness (QED) is 0.857. The molecule has 5 heteroatoms. The minimum atomic E-state index is -1.10. The molecule has 1 saturated heterocycles. The molecule has 1 aromatic heterocycles. The van der Waals surface area contributed by atoms with E-state index in [0.29, 0.717) is 17.3 Å². The third-order valence-corrected chi connectivity index (χ3v) is 6.29. The second-order valence-corrected chi connectivity index (χ2v) is 7.42. The fourth-order valence-electron chi connectivity index (χ4n) is 3.45. The number of aromatic nitrogens is 1. The number of rotatable bonds is 4. The van der Waals surface area contributed by atoms with Gasteiger partial charge in [0.05, 0.1) is 12.0 Å². The van der Waals surface area contributed by atoms with Gasteiger partial charge in [0.2, 0.25) is 5.88 Å². The third kappa shape index (κ3) is 2.37. The highest BCUT2D eigenvalue weighted by molar-refractivity contribution is 7.82. The van der Waals surface area contributed by atoms with E-state index in [1.807, 2.05) is 6.07 Å². The Labute approximate surface area is 123 Å². The van der Waals surface area contributed by atoms with Crippen LogP contribution in [0.1, 0.15) is 39.0 Å². The van der Waals surface area contributed by atoms with E-state index < -0.39 is 11.0 Å². The first-order chi connectivity index (χ1) is 9.67. The zero-order valence-corrected chi connectivity index (χ0v) is 13.0. The summed E-state index contributed by atoms with van der Waals surface area (Å²) in [5.41, 5.74) is 0.452. The van der Waals surface area contributed by atoms with Crippen molar-refractivity contribution in [2.24, 2.45) is 5.41 Å². The molecule has 0 radical (unpaired) electrons. The first-order valence-corrected chi connectivity index (χ1v) is 8.47. The molecule has 1 aliphatic heterocycles. The van der Waals surface area contributed by atoms with Crippen LogP contribution in [0, 0.1) is 5.41 Å². The monoisotopic (exact) mass is 294 g/mol. The summed E-state index contributed by atoms with van der Waals surface area (Å²) in [5.74, 6) is 0.529. The molecule has 2 aliphatic rings. The third-order valence-electron chi connectivity index (χ3n) is 4.78. The van der Waals surface area contributed by atoms with Gasteiger partial charge in [-0.2, -0.15) is 0 Å². The minimum Gasteiger partial charge on any atom is -0.481 e. The van der Waals surface area contributed by atoms with Gasteiger partial charge in [0.25, 0.3) is 0 Å². The number of ether oxygens (including phenoxy) is 1. The second-order valence-electron chi connectivity index (χ2n) is 5.98. The fourth-order valence-corrected chi connectivity index (χ4v) is 4.99. The summed E-state index contributed by atoms with van der Waals surface area (Å²) in [6.07, 6.45) is 7.88. The van der Waals surface area contributed by atoms with Crippen LogP contribution in [0.2, 0.25) is 0 Å². The van der Waals surface area contributed by atoms with Gasteiger partial charge in [-0.3, -0.25) is 0 Å². The summed E-state index contributed by atoms with van der Waals surface area (Å²) in [6.45, 7) is 3.17.